The van der Waals surface area contributed by atoms with Gasteiger partial charge in [-0.15, -0.1) is 0 Å². The lowest BCUT2D eigenvalue weighted by molar-refractivity contribution is 0.816. The van der Waals surface area contributed by atoms with Crippen LogP contribution in [0.5, 0.6) is 0 Å². The normalized spacial score (nSPS) is 10.8. The maximum atomic E-state index is 6.10. The average Bonchev–Trinajstić information content (AvgIpc) is 2.57. The molecule has 2 rings (SSSR count). The van der Waals surface area contributed by atoms with Crippen LogP contribution in [0.1, 0.15) is 18.3 Å². The molecule has 0 fully saturated rings. The fraction of sp³-hybridized carbons (Fsp3) is 0.308. The minimum absolute atomic E-state index is 0.714. The van der Waals surface area contributed by atoms with E-state index in [9.17, 15) is 0 Å². The van der Waals surface area contributed by atoms with Gasteiger partial charge in [0.2, 0.25) is 0 Å². The Morgan fingerprint density at radius 1 is 1.41 bits per heavy atom. The molecule has 0 atom stereocenters. The first-order valence-electron chi connectivity index (χ1n) is 5.62. The molecule has 0 amide bonds. The Morgan fingerprint density at radius 2 is 2.12 bits per heavy atom. The van der Waals surface area contributed by atoms with Crippen LogP contribution in [-0.2, 0) is 13.5 Å². The molecule has 1 heterocycles. The molecule has 0 saturated heterocycles. The molecular formula is C13H16BrN3. The quantitative estimate of drug-likeness (QED) is 0.923. The number of hydrogen-bond acceptors (Lipinski definition) is 2. The van der Waals surface area contributed by atoms with E-state index >= 15 is 0 Å². The predicted molar refractivity (Wildman–Crippen MR) is 74.9 cm³/mol. The van der Waals surface area contributed by atoms with Gasteiger partial charge in [0.15, 0.2) is 0 Å². The summed E-state index contributed by atoms with van der Waals surface area (Å²) in [6, 6.07) is 6.20. The number of nitrogens with zero attached hydrogens (tertiary/aromatic N) is 2. The Hall–Kier alpha value is -1.29. The molecule has 0 aliphatic rings. The van der Waals surface area contributed by atoms with E-state index in [0.29, 0.717) is 5.82 Å². The summed E-state index contributed by atoms with van der Waals surface area (Å²) in [7, 11) is 1.95. The molecule has 0 saturated carbocycles. The summed E-state index contributed by atoms with van der Waals surface area (Å²) < 4.78 is 2.98. The van der Waals surface area contributed by atoms with Gasteiger partial charge in [-0.2, -0.15) is 0 Å². The zero-order chi connectivity index (χ0) is 12.6. The minimum atomic E-state index is 0.714. The van der Waals surface area contributed by atoms with E-state index in [0.717, 1.165) is 28.0 Å². The molecule has 1 aromatic heterocycles. The zero-order valence-corrected chi connectivity index (χ0v) is 11.9. The second kappa shape index (κ2) is 4.53. The summed E-state index contributed by atoms with van der Waals surface area (Å²) in [5, 5.41) is 0. The van der Waals surface area contributed by atoms with Crippen LogP contribution in [0.3, 0.4) is 0 Å². The molecule has 1 aromatic carbocycles. The van der Waals surface area contributed by atoms with E-state index in [1.54, 1.807) is 0 Å². The standard InChI is InChI=1S/C13H16BrN3/c1-4-11-16-12(13(15)17(11)3)9-6-5-8(2)7-10(9)14/h5-7H,4,15H2,1-3H3. The highest BCUT2D eigenvalue weighted by molar-refractivity contribution is 9.10. The van der Waals surface area contributed by atoms with Gasteiger partial charge >= 0.3 is 0 Å². The summed E-state index contributed by atoms with van der Waals surface area (Å²) in [5.41, 5.74) is 9.21. The van der Waals surface area contributed by atoms with Crippen LogP contribution >= 0.6 is 15.9 Å². The van der Waals surface area contributed by atoms with Crippen LogP contribution in [0.2, 0.25) is 0 Å². The number of aryl methyl sites for hydroxylation is 2. The fourth-order valence-electron chi connectivity index (χ4n) is 1.89. The number of imidazole rings is 1. The molecule has 90 valence electrons. The smallest absolute Gasteiger partial charge is 0.131 e. The number of hydrogen-bond donors (Lipinski definition) is 1. The third-order valence-corrected chi connectivity index (χ3v) is 3.58. The molecule has 0 radical (unpaired) electrons. The number of anilines is 1. The highest BCUT2D eigenvalue weighted by Crippen LogP contribution is 2.32. The van der Waals surface area contributed by atoms with Crippen LogP contribution in [0.15, 0.2) is 22.7 Å². The van der Waals surface area contributed by atoms with Crippen molar-refractivity contribution in [3.63, 3.8) is 0 Å². The molecule has 3 nitrogen and oxygen atoms in total. The van der Waals surface area contributed by atoms with Gasteiger partial charge in [-0.05, 0) is 18.6 Å². The van der Waals surface area contributed by atoms with Crippen molar-refractivity contribution in [2.24, 2.45) is 7.05 Å². The van der Waals surface area contributed by atoms with Gasteiger partial charge in [0.25, 0.3) is 0 Å². The molecule has 0 bridgehead atoms. The topological polar surface area (TPSA) is 43.8 Å². The van der Waals surface area contributed by atoms with E-state index in [1.165, 1.54) is 5.56 Å². The van der Waals surface area contributed by atoms with Crippen molar-refractivity contribution >= 4 is 21.7 Å². The lowest BCUT2D eigenvalue weighted by Crippen LogP contribution is -2.00. The summed E-state index contributed by atoms with van der Waals surface area (Å²) in [4.78, 5) is 4.60. The van der Waals surface area contributed by atoms with Crippen LogP contribution in [0, 0.1) is 6.92 Å². The molecule has 2 aromatic rings. The summed E-state index contributed by atoms with van der Waals surface area (Å²) in [5.74, 6) is 1.72. The van der Waals surface area contributed by atoms with E-state index in [2.05, 4.69) is 53.0 Å². The van der Waals surface area contributed by atoms with Crippen molar-refractivity contribution < 1.29 is 0 Å². The molecule has 17 heavy (non-hydrogen) atoms. The van der Waals surface area contributed by atoms with Crippen molar-refractivity contribution in [1.29, 1.82) is 0 Å². The third kappa shape index (κ3) is 2.09. The Labute approximate surface area is 110 Å². The highest BCUT2D eigenvalue weighted by atomic mass is 79.9. The van der Waals surface area contributed by atoms with Gasteiger partial charge in [-0.3, -0.25) is 0 Å². The Kier molecular flexibility index (Phi) is 3.24. The van der Waals surface area contributed by atoms with E-state index < -0.39 is 0 Å². The van der Waals surface area contributed by atoms with E-state index in [4.69, 9.17) is 5.73 Å². The number of benzene rings is 1. The predicted octanol–water partition coefficient (Wildman–Crippen LogP) is 3.30. The molecule has 0 aliphatic heterocycles. The second-order valence-electron chi connectivity index (χ2n) is 4.16. The number of nitrogen functional groups attached to an aromatic ring is 1. The van der Waals surface area contributed by atoms with Gasteiger partial charge in [0.1, 0.15) is 17.3 Å². The number of aromatic nitrogens is 2. The summed E-state index contributed by atoms with van der Waals surface area (Å²) >= 11 is 3.57. The van der Waals surface area contributed by atoms with Crippen molar-refractivity contribution in [2.75, 3.05) is 5.73 Å². The van der Waals surface area contributed by atoms with Crippen molar-refractivity contribution in [3.05, 3.63) is 34.1 Å². The SMILES string of the molecule is CCc1nc(-c2ccc(C)cc2Br)c(N)n1C. The fourth-order valence-corrected chi connectivity index (χ4v) is 2.57. The molecule has 0 unspecified atom stereocenters. The van der Waals surface area contributed by atoms with Crippen molar-refractivity contribution in [2.45, 2.75) is 20.3 Å². The molecule has 4 heteroatoms. The van der Waals surface area contributed by atoms with Gasteiger partial charge in [-0.25, -0.2) is 4.98 Å². The van der Waals surface area contributed by atoms with Crippen LogP contribution < -0.4 is 5.73 Å². The zero-order valence-electron chi connectivity index (χ0n) is 10.3. The van der Waals surface area contributed by atoms with Crippen molar-refractivity contribution in [1.82, 2.24) is 9.55 Å². The lowest BCUT2D eigenvalue weighted by atomic mass is 10.1. The van der Waals surface area contributed by atoms with Gasteiger partial charge in [0.05, 0.1) is 0 Å². The molecule has 2 N–H and O–H groups in total. The number of nitrogens with two attached hydrogens (primary N) is 1. The minimum Gasteiger partial charge on any atom is -0.383 e. The lowest BCUT2D eigenvalue weighted by Gasteiger charge is -2.04. The average molecular weight is 294 g/mol. The number of halogens is 1. The van der Waals surface area contributed by atoms with Crippen LogP contribution in [0.25, 0.3) is 11.3 Å². The maximum Gasteiger partial charge on any atom is 0.131 e. The first-order valence-corrected chi connectivity index (χ1v) is 6.41. The largest absolute Gasteiger partial charge is 0.383 e. The first kappa shape index (κ1) is 12.2. The monoisotopic (exact) mass is 293 g/mol. The van der Waals surface area contributed by atoms with E-state index in [-0.39, 0.29) is 0 Å². The van der Waals surface area contributed by atoms with E-state index in [1.807, 2.05) is 11.6 Å². The Morgan fingerprint density at radius 3 is 2.65 bits per heavy atom. The Bertz CT molecular complexity index is 558. The van der Waals surface area contributed by atoms with Crippen LogP contribution in [0.4, 0.5) is 5.82 Å². The Balaban J connectivity index is 2.60. The first-order chi connectivity index (χ1) is 8.04. The highest BCUT2D eigenvalue weighted by Gasteiger charge is 2.14. The van der Waals surface area contributed by atoms with Gasteiger partial charge in [0, 0.05) is 23.5 Å². The third-order valence-electron chi connectivity index (χ3n) is 2.93. The number of rotatable bonds is 2. The molecular weight excluding hydrogens is 278 g/mol. The van der Waals surface area contributed by atoms with Gasteiger partial charge < -0.3 is 10.3 Å². The maximum absolute atomic E-state index is 6.10. The molecule has 0 spiro atoms. The summed E-state index contributed by atoms with van der Waals surface area (Å²) in [6.45, 7) is 4.14. The summed E-state index contributed by atoms with van der Waals surface area (Å²) in [6.07, 6.45) is 0.879. The van der Waals surface area contributed by atoms with Crippen molar-refractivity contribution in [3.8, 4) is 11.3 Å². The van der Waals surface area contributed by atoms with Crippen LogP contribution in [-0.4, -0.2) is 9.55 Å². The molecule has 0 aliphatic carbocycles. The second-order valence-corrected chi connectivity index (χ2v) is 5.01. The van der Waals surface area contributed by atoms with Gasteiger partial charge in [-0.1, -0.05) is 35.0 Å².